The SMILES string of the molecule is C=Nc1c(/N=C(/C#N)CC#N)c(/N=C(\C)C#N)c(/N=C/C#N)c2c1N(C)C(C#N)C(C#N)=N2. The van der Waals surface area contributed by atoms with E-state index in [2.05, 4.69) is 31.7 Å². The number of aliphatic imine (C=N–C) groups is 5. The predicted octanol–water partition coefficient (Wildman–Crippen LogP) is 3.31. The fourth-order valence-corrected chi connectivity index (χ4v) is 2.92. The van der Waals surface area contributed by atoms with Crippen molar-refractivity contribution < 1.29 is 0 Å². The Kier molecular flexibility index (Phi) is 7.41. The smallest absolute Gasteiger partial charge is 0.169 e. The van der Waals surface area contributed by atoms with Crippen molar-refractivity contribution in [1.29, 1.82) is 31.6 Å². The van der Waals surface area contributed by atoms with E-state index in [-0.39, 0.29) is 57.7 Å². The first kappa shape index (κ1) is 23.6. The monoisotopic (exact) mass is 432 g/mol. The standard InChI is InChI=1S/C21H12N12/c1-12(8-24)30-17-16(29-7-6-23)20-21(33(3)15(11-27)14(10-26)32-20)19(28-2)18(17)31-13(9-25)4-5-22/h7,15H,2,4H2,1,3H3/b29-7+,30-12+,31-13+. The van der Waals surface area contributed by atoms with Crippen molar-refractivity contribution in [2.75, 3.05) is 11.9 Å². The van der Waals surface area contributed by atoms with Crippen molar-refractivity contribution in [2.45, 2.75) is 19.4 Å². The summed E-state index contributed by atoms with van der Waals surface area (Å²) in [6, 6.07) is 10.0. The molecule has 1 aromatic rings. The molecular formula is C21H12N12. The first-order chi connectivity index (χ1) is 15.9. The molecule has 0 fully saturated rings. The van der Waals surface area contributed by atoms with Gasteiger partial charge in [0.15, 0.2) is 11.8 Å². The molecule has 0 spiro atoms. The topological polar surface area (TPSA) is 208 Å². The first-order valence-electron chi connectivity index (χ1n) is 8.96. The van der Waals surface area contributed by atoms with Gasteiger partial charge in [-0.15, -0.1) is 0 Å². The Hall–Kier alpha value is -5.69. The Labute approximate surface area is 188 Å². The zero-order valence-electron chi connectivity index (χ0n) is 17.4. The van der Waals surface area contributed by atoms with Gasteiger partial charge >= 0.3 is 0 Å². The van der Waals surface area contributed by atoms with Crippen LogP contribution in [-0.4, -0.2) is 43.2 Å². The molecular weight excluding hydrogens is 420 g/mol. The van der Waals surface area contributed by atoms with Crippen molar-refractivity contribution in [2.24, 2.45) is 25.0 Å². The summed E-state index contributed by atoms with van der Waals surface area (Å²) in [5.41, 5.74) is -0.221. The van der Waals surface area contributed by atoms with E-state index in [9.17, 15) is 21.0 Å². The van der Waals surface area contributed by atoms with Crippen LogP contribution >= 0.6 is 0 Å². The van der Waals surface area contributed by atoms with Gasteiger partial charge in [0.2, 0.25) is 0 Å². The molecule has 156 valence electrons. The van der Waals surface area contributed by atoms with E-state index in [1.54, 1.807) is 6.07 Å². The molecule has 12 heteroatoms. The Morgan fingerprint density at radius 1 is 1.06 bits per heavy atom. The van der Waals surface area contributed by atoms with Crippen LogP contribution in [0.3, 0.4) is 0 Å². The van der Waals surface area contributed by atoms with E-state index >= 15 is 0 Å². The van der Waals surface area contributed by atoms with E-state index in [0.717, 1.165) is 6.21 Å². The van der Waals surface area contributed by atoms with E-state index in [0.29, 0.717) is 0 Å². The van der Waals surface area contributed by atoms with Gasteiger partial charge in [-0.05, 0) is 13.6 Å². The minimum Gasteiger partial charge on any atom is -0.350 e. The normalized spacial score (nSPS) is 15.1. The van der Waals surface area contributed by atoms with Crippen LogP contribution in [0.4, 0.5) is 34.1 Å². The molecule has 0 N–H and O–H groups in total. The summed E-state index contributed by atoms with van der Waals surface area (Å²) in [7, 11) is 1.52. The van der Waals surface area contributed by atoms with Crippen LogP contribution in [0.1, 0.15) is 13.3 Å². The second-order valence-electron chi connectivity index (χ2n) is 6.20. The van der Waals surface area contributed by atoms with Gasteiger partial charge in [-0.25, -0.2) is 20.0 Å². The molecule has 12 nitrogen and oxygen atoms in total. The van der Waals surface area contributed by atoms with E-state index < -0.39 is 6.04 Å². The highest BCUT2D eigenvalue weighted by Gasteiger charge is 2.35. The van der Waals surface area contributed by atoms with Gasteiger partial charge in [0.25, 0.3) is 0 Å². The molecule has 0 saturated carbocycles. The predicted molar refractivity (Wildman–Crippen MR) is 121 cm³/mol. The zero-order valence-corrected chi connectivity index (χ0v) is 17.4. The number of hydrogen-bond acceptors (Lipinski definition) is 12. The van der Waals surface area contributed by atoms with Crippen LogP contribution in [0.2, 0.25) is 0 Å². The lowest BCUT2D eigenvalue weighted by atomic mass is 10.0. The highest BCUT2D eigenvalue weighted by Crippen LogP contribution is 2.58. The summed E-state index contributed by atoms with van der Waals surface area (Å²) in [4.78, 5) is 22.2. The summed E-state index contributed by atoms with van der Waals surface area (Å²) in [5.74, 6) is 0. The van der Waals surface area contributed by atoms with Crippen LogP contribution in [0.5, 0.6) is 0 Å². The molecule has 0 aliphatic carbocycles. The number of anilines is 1. The molecule has 1 aromatic carbocycles. The number of nitrogens with zero attached hydrogens (tertiary/aromatic N) is 12. The van der Waals surface area contributed by atoms with Crippen LogP contribution in [0.25, 0.3) is 0 Å². The molecule has 1 aliphatic rings. The van der Waals surface area contributed by atoms with Gasteiger partial charge in [-0.3, -0.25) is 4.99 Å². The molecule has 1 unspecified atom stereocenters. The molecule has 0 bridgehead atoms. The lowest BCUT2D eigenvalue weighted by molar-refractivity contribution is 0.926. The fourth-order valence-electron chi connectivity index (χ4n) is 2.92. The quantitative estimate of drug-likeness (QED) is 0.633. The van der Waals surface area contributed by atoms with Crippen molar-refractivity contribution in [3.8, 4) is 36.4 Å². The van der Waals surface area contributed by atoms with Gasteiger partial charge in [-0.2, -0.15) is 31.6 Å². The van der Waals surface area contributed by atoms with Crippen LogP contribution < -0.4 is 4.90 Å². The maximum absolute atomic E-state index is 9.58. The average Bonchev–Trinajstić information content (AvgIpc) is 2.82. The molecule has 1 aliphatic heterocycles. The number of fused-ring (bicyclic) bond motifs is 1. The summed E-state index contributed by atoms with van der Waals surface area (Å²) < 4.78 is 0. The molecule has 1 heterocycles. The largest absolute Gasteiger partial charge is 0.350 e. The highest BCUT2D eigenvalue weighted by atomic mass is 15.2. The Morgan fingerprint density at radius 2 is 1.76 bits per heavy atom. The number of nitriles is 6. The van der Waals surface area contributed by atoms with Gasteiger partial charge < -0.3 is 4.90 Å². The van der Waals surface area contributed by atoms with Crippen LogP contribution in [-0.2, 0) is 0 Å². The van der Waals surface area contributed by atoms with Gasteiger partial charge in [0.1, 0.15) is 70.4 Å². The molecule has 1 atom stereocenters. The van der Waals surface area contributed by atoms with Crippen molar-refractivity contribution in [1.82, 2.24) is 0 Å². The zero-order chi connectivity index (χ0) is 24.5. The van der Waals surface area contributed by atoms with Gasteiger partial charge in [0.05, 0.1) is 24.2 Å². The molecule has 33 heavy (non-hydrogen) atoms. The molecule has 0 amide bonds. The molecule has 2 rings (SSSR count). The summed E-state index contributed by atoms with van der Waals surface area (Å²) >= 11 is 0. The van der Waals surface area contributed by atoms with Gasteiger partial charge in [-0.1, -0.05) is 0 Å². The van der Waals surface area contributed by atoms with Crippen molar-refractivity contribution >= 4 is 64.2 Å². The summed E-state index contributed by atoms with van der Waals surface area (Å²) in [5, 5.41) is 55.8. The number of hydrogen-bond donors (Lipinski definition) is 0. The minimum atomic E-state index is -1.07. The molecule has 0 radical (unpaired) electrons. The Morgan fingerprint density at radius 3 is 2.27 bits per heavy atom. The third kappa shape index (κ3) is 4.42. The van der Waals surface area contributed by atoms with Crippen LogP contribution in [0, 0.1) is 68.0 Å². The maximum atomic E-state index is 9.58. The minimum absolute atomic E-state index is 0.0165. The lowest BCUT2D eigenvalue weighted by Crippen LogP contribution is -2.39. The fraction of sp³-hybridized carbons (Fsp3) is 0.190. The average molecular weight is 432 g/mol. The summed E-state index contributed by atoms with van der Waals surface area (Å²) in [6.45, 7) is 4.95. The van der Waals surface area contributed by atoms with Gasteiger partial charge in [0, 0.05) is 7.05 Å². The van der Waals surface area contributed by atoms with Crippen molar-refractivity contribution in [3.05, 3.63) is 0 Å². The number of benzene rings is 1. The maximum Gasteiger partial charge on any atom is 0.169 e. The second kappa shape index (κ2) is 10.4. The van der Waals surface area contributed by atoms with E-state index in [1.165, 1.54) is 18.9 Å². The van der Waals surface area contributed by atoms with E-state index in [4.69, 9.17) is 10.5 Å². The second-order valence-corrected chi connectivity index (χ2v) is 6.20. The van der Waals surface area contributed by atoms with Crippen LogP contribution in [0.15, 0.2) is 25.0 Å². The lowest BCUT2D eigenvalue weighted by Gasteiger charge is -2.31. The molecule has 0 saturated heterocycles. The molecule has 0 aromatic heterocycles. The third-order valence-corrected chi connectivity index (χ3v) is 4.29. The van der Waals surface area contributed by atoms with Crippen molar-refractivity contribution in [3.63, 3.8) is 0 Å². The third-order valence-electron chi connectivity index (χ3n) is 4.29. The Bertz CT molecular complexity index is 1400. The Balaban J connectivity index is 3.26. The number of rotatable bonds is 5. The summed E-state index contributed by atoms with van der Waals surface area (Å²) in [6.07, 6.45) is 0.567. The first-order valence-corrected chi connectivity index (χ1v) is 8.96. The van der Waals surface area contributed by atoms with E-state index in [1.807, 2.05) is 30.3 Å². The highest BCUT2D eigenvalue weighted by molar-refractivity contribution is 6.17.